The third-order valence-electron chi connectivity index (χ3n) is 4.63. The zero-order valence-corrected chi connectivity index (χ0v) is 12.1. The number of nitrogens with zero attached hydrogens (tertiary/aromatic N) is 2. The number of hydrogen-bond donors (Lipinski definition) is 0. The van der Waals surface area contributed by atoms with E-state index in [1.54, 1.807) is 0 Å². The second-order valence-electron chi connectivity index (χ2n) is 5.92. The van der Waals surface area contributed by atoms with Gasteiger partial charge in [0.25, 0.3) is 0 Å². The first-order valence-electron chi connectivity index (χ1n) is 7.51. The van der Waals surface area contributed by atoms with Crippen molar-refractivity contribution in [2.75, 3.05) is 13.6 Å². The molecule has 1 saturated heterocycles. The van der Waals surface area contributed by atoms with Crippen molar-refractivity contribution in [3.63, 3.8) is 0 Å². The molecule has 1 fully saturated rings. The van der Waals surface area contributed by atoms with Crippen LogP contribution < -0.4 is 0 Å². The average molecular weight is 256 g/mol. The van der Waals surface area contributed by atoms with Crippen molar-refractivity contribution in [2.45, 2.75) is 45.2 Å². The first-order chi connectivity index (χ1) is 9.25. The van der Waals surface area contributed by atoms with Gasteiger partial charge in [0.15, 0.2) is 0 Å². The Morgan fingerprint density at radius 1 is 1.21 bits per heavy atom. The molecule has 1 atom stereocenters. The molecular formula is C17H24N2. The predicted octanol–water partition coefficient (Wildman–Crippen LogP) is 3.82. The summed E-state index contributed by atoms with van der Waals surface area (Å²) in [5, 5.41) is 1.37. The molecule has 19 heavy (non-hydrogen) atoms. The number of aromatic nitrogens is 1. The fraction of sp³-hybridized carbons (Fsp3) is 0.529. The van der Waals surface area contributed by atoms with Crippen molar-refractivity contribution in [1.29, 1.82) is 0 Å². The van der Waals surface area contributed by atoms with Crippen molar-refractivity contribution in [3.05, 3.63) is 36.0 Å². The van der Waals surface area contributed by atoms with Gasteiger partial charge in [-0.15, -0.1) is 0 Å². The number of benzene rings is 1. The Bertz CT molecular complexity index is 555. The molecule has 1 aliphatic heterocycles. The van der Waals surface area contributed by atoms with Crippen LogP contribution in [0.3, 0.4) is 0 Å². The molecular weight excluding hydrogens is 232 g/mol. The number of para-hydroxylation sites is 1. The Kier molecular flexibility index (Phi) is 3.61. The van der Waals surface area contributed by atoms with Gasteiger partial charge < -0.3 is 9.47 Å². The summed E-state index contributed by atoms with van der Waals surface area (Å²) in [4.78, 5) is 2.55. The van der Waals surface area contributed by atoms with E-state index in [1.807, 2.05) is 0 Å². The van der Waals surface area contributed by atoms with E-state index in [0.29, 0.717) is 0 Å². The van der Waals surface area contributed by atoms with Gasteiger partial charge >= 0.3 is 0 Å². The highest BCUT2D eigenvalue weighted by molar-refractivity contribution is 5.81. The van der Waals surface area contributed by atoms with Crippen molar-refractivity contribution in [1.82, 2.24) is 9.47 Å². The second-order valence-corrected chi connectivity index (χ2v) is 5.92. The highest BCUT2D eigenvalue weighted by Gasteiger charge is 2.18. The largest absolute Gasteiger partial charge is 0.345 e. The zero-order chi connectivity index (χ0) is 13.2. The number of likely N-dealkylation sites (tertiary alicyclic amines) is 1. The predicted molar refractivity (Wildman–Crippen MR) is 81.6 cm³/mol. The third-order valence-corrected chi connectivity index (χ3v) is 4.63. The standard InChI is InChI=1S/C17H24N2/c1-14-13-15-7-3-4-9-17(15)19(14)12-10-16-8-5-6-11-18(16)2/h3-4,7,9,13,16H,5-6,8,10-12H2,1-2H3/t16-/m1/s1. The van der Waals surface area contributed by atoms with Gasteiger partial charge in [-0.05, 0) is 57.3 Å². The highest BCUT2D eigenvalue weighted by atomic mass is 15.1. The summed E-state index contributed by atoms with van der Waals surface area (Å²) >= 11 is 0. The summed E-state index contributed by atoms with van der Waals surface area (Å²) in [6.45, 7) is 4.65. The highest BCUT2D eigenvalue weighted by Crippen LogP contribution is 2.22. The lowest BCUT2D eigenvalue weighted by molar-refractivity contribution is 0.171. The summed E-state index contributed by atoms with van der Waals surface area (Å²) in [6.07, 6.45) is 5.42. The fourth-order valence-electron chi connectivity index (χ4n) is 3.43. The molecule has 1 aliphatic rings. The summed E-state index contributed by atoms with van der Waals surface area (Å²) in [6, 6.07) is 11.8. The number of aryl methyl sites for hydroxylation is 2. The van der Waals surface area contributed by atoms with Crippen molar-refractivity contribution in [3.8, 4) is 0 Å². The first kappa shape index (κ1) is 12.7. The zero-order valence-electron chi connectivity index (χ0n) is 12.1. The number of piperidine rings is 1. The van der Waals surface area contributed by atoms with Gasteiger partial charge in [-0.1, -0.05) is 24.6 Å². The Labute approximate surface area is 116 Å². The first-order valence-corrected chi connectivity index (χ1v) is 7.51. The molecule has 2 heteroatoms. The van der Waals surface area contributed by atoms with Crippen molar-refractivity contribution < 1.29 is 0 Å². The van der Waals surface area contributed by atoms with Gasteiger partial charge in [-0.3, -0.25) is 0 Å². The molecule has 1 aromatic heterocycles. The Morgan fingerprint density at radius 2 is 2.05 bits per heavy atom. The van der Waals surface area contributed by atoms with Crippen LogP contribution in [0.5, 0.6) is 0 Å². The lowest BCUT2D eigenvalue weighted by atomic mass is 10.00. The molecule has 2 nitrogen and oxygen atoms in total. The van der Waals surface area contributed by atoms with Crippen LogP contribution in [-0.4, -0.2) is 29.1 Å². The maximum absolute atomic E-state index is 2.55. The van der Waals surface area contributed by atoms with Crippen molar-refractivity contribution in [2.24, 2.45) is 0 Å². The quantitative estimate of drug-likeness (QED) is 0.810. The van der Waals surface area contributed by atoms with Gasteiger partial charge in [-0.25, -0.2) is 0 Å². The van der Waals surface area contributed by atoms with Gasteiger partial charge in [-0.2, -0.15) is 0 Å². The summed E-state index contributed by atoms with van der Waals surface area (Å²) < 4.78 is 2.48. The topological polar surface area (TPSA) is 8.17 Å². The van der Waals surface area contributed by atoms with Crippen LogP contribution in [0.2, 0.25) is 0 Å². The molecule has 102 valence electrons. The third kappa shape index (κ3) is 2.55. The van der Waals surface area contributed by atoms with E-state index >= 15 is 0 Å². The van der Waals surface area contributed by atoms with E-state index in [1.165, 1.54) is 48.8 Å². The minimum absolute atomic E-state index is 0.773. The van der Waals surface area contributed by atoms with Crippen LogP contribution in [0.4, 0.5) is 0 Å². The fourth-order valence-corrected chi connectivity index (χ4v) is 3.43. The number of rotatable bonds is 3. The molecule has 0 aliphatic carbocycles. The van der Waals surface area contributed by atoms with Gasteiger partial charge in [0, 0.05) is 23.8 Å². The molecule has 2 aromatic rings. The van der Waals surface area contributed by atoms with Gasteiger partial charge in [0.1, 0.15) is 0 Å². The van der Waals surface area contributed by atoms with Crippen LogP contribution in [-0.2, 0) is 6.54 Å². The van der Waals surface area contributed by atoms with Crippen LogP contribution in [0.25, 0.3) is 10.9 Å². The molecule has 0 unspecified atom stereocenters. The van der Waals surface area contributed by atoms with E-state index in [4.69, 9.17) is 0 Å². The minimum atomic E-state index is 0.773. The summed E-state index contributed by atoms with van der Waals surface area (Å²) in [7, 11) is 2.28. The average Bonchev–Trinajstić information content (AvgIpc) is 2.74. The van der Waals surface area contributed by atoms with Crippen molar-refractivity contribution >= 4 is 10.9 Å². The molecule has 1 aromatic carbocycles. The maximum Gasteiger partial charge on any atom is 0.0482 e. The van der Waals surface area contributed by atoms with Gasteiger partial charge in [0.05, 0.1) is 0 Å². The molecule has 2 heterocycles. The van der Waals surface area contributed by atoms with E-state index < -0.39 is 0 Å². The summed E-state index contributed by atoms with van der Waals surface area (Å²) in [5.41, 5.74) is 2.78. The molecule has 0 saturated carbocycles. The SMILES string of the molecule is Cc1cc2ccccc2n1CC[C@H]1CCCCN1C. The second kappa shape index (κ2) is 5.38. The molecule has 0 spiro atoms. The summed E-state index contributed by atoms with van der Waals surface area (Å²) in [5.74, 6) is 0. The van der Waals surface area contributed by atoms with Crippen LogP contribution >= 0.6 is 0 Å². The number of hydrogen-bond acceptors (Lipinski definition) is 1. The smallest absolute Gasteiger partial charge is 0.0482 e. The van der Waals surface area contributed by atoms with E-state index in [-0.39, 0.29) is 0 Å². The van der Waals surface area contributed by atoms with Gasteiger partial charge in [0.2, 0.25) is 0 Å². The Balaban J connectivity index is 1.76. The molecule has 3 rings (SSSR count). The van der Waals surface area contributed by atoms with E-state index in [9.17, 15) is 0 Å². The van der Waals surface area contributed by atoms with Crippen LogP contribution in [0.15, 0.2) is 30.3 Å². The molecule has 0 N–H and O–H groups in total. The van der Waals surface area contributed by atoms with E-state index in [0.717, 1.165) is 12.6 Å². The van der Waals surface area contributed by atoms with Crippen LogP contribution in [0.1, 0.15) is 31.4 Å². The minimum Gasteiger partial charge on any atom is -0.345 e. The molecule has 0 amide bonds. The molecule has 0 radical (unpaired) electrons. The maximum atomic E-state index is 2.55. The van der Waals surface area contributed by atoms with E-state index in [2.05, 4.69) is 53.8 Å². The Morgan fingerprint density at radius 3 is 2.89 bits per heavy atom. The normalized spacial score (nSPS) is 21.1. The monoisotopic (exact) mass is 256 g/mol. The lowest BCUT2D eigenvalue weighted by Gasteiger charge is -2.32. The molecule has 0 bridgehead atoms. The lowest BCUT2D eigenvalue weighted by Crippen LogP contribution is -2.36. The number of fused-ring (bicyclic) bond motifs is 1. The Hall–Kier alpha value is -1.28. The van der Waals surface area contributed by atoms with Crippen LogP contribution in [0, 0.1) is 6.92 Å².